The SMILES string of the molecule is COc1ccc(C(CNCc2ccc(OC(F)F)cc2)N2CCOCC2)cc1. The molecule has 0 radical (unpaired) electrons. The molecule has 0 aliphatic carbocycles. The Bertz CT molecular complexity index is 705. The number of hydrogen-bond donors (Lipinski definition) is 1. The molecular weight excluding hydrogens is 366 g/mol. The maximum Gasteiger partial charge on any atom is 0.387 e. The van der Waals surface area contributed by atoms with Crippen LogP contribution in [0.15, 0.2) is 48.5 Å². The number of hydrogen-bond acceptors (Lipinski definition) is 5. The lowest BCUT2D eigenvalue weighted by atomic mass is 10.0. The summed E-state index contributed by atoms with van der Waals surface area (Å²) in [6, 6.07) is 15.1. The Morgan fingerprint density at radius 2 is 1.64 bits per heavy atom. The fourth-order valence-electron chi connectivity index (χ4n) is 3.31. The van der Waals surface area contributed by atoms with Gasteiger partial charge in [0.05, 0.1) is 20.3 Å². The first kappa shape index (κ1) is 20.5. The number of methoxy groups -OCH3 is 1. The highest BCUT2D eigenvalue weighted by atomic mass is 19.3. The molecule has 0 aromatic heterocycles. The van der Waals surface area contributed by atoms with Crippen LogP contribution in [0.5, 0.6) is 11.5 Å². The molecule has 5 nitrogen and oxygen atoms in total. The Morgan fingerprint density at radius 1 is 1.00 bits per heavy atom. The number of nitrogens with zero attached hydrogens (tertiary/aromatic N) is 1. The second-order valence-corrected chi connectivity index (χ2v) is 6.59. The first-order valence-corrected chi connectivity index (χ1v) is 9.36. The second kappa shape index (κ2) is 10.4. The van der Waals surface area contributed by atoms with Crippen molar-refractivity contribution in [1.82, 2.24) is 10.2 Å². The standard InChI is InChI=1S/C21H26F2N2O3/c1-26-18-8-4-17(5-9-18)20(25-10-12-27-13-11-25)15-24-14-16-2-6-19(7-3-16)28-21(22)23/h2-9,20-21,24H,10-15H2,1H3. The van der Waals surface area contributed by atoms with Gasteiger partial charge in [-0.1, -0.05) is 24.3 Å². The minimum absolute atomic E-state index is 0.170. The average molecular weight is 392 g/mol. The lowest BCUT2D eigenvalue weighted by Gasteiger charge is -2.35. The van der Waals surface area contributed by atoms with E-state index in [1.165, 1.54) is 5.56 Å². The van der Waals surface area contributed by atoms with Gasteiger partial charge in [0.15, 0.2) is 0 Å². The maximum absolute atomic E-state index is 12.2. The molecule has 3 rings (SSSR count). The van der Waals surface area contributed by atoms with E-state index in [1.807, 2.05) is 12.1 Å². The monoisotopic (exact) mass is 392 g/mol. The summed E-state index contributed by atoms with van der Waals surface area (Å²) in [6.45, 7) is 1.85. The van der Waals surface area contributed by atoms with Crippen LogP contribution in [0.4, 0.5) is 8.78 Å². The summed E-state index contributed by atoms with van der Waals surface area (Å²) in [5, 5.41) is 3.48. The van der Waals surface area contributed by atoms with Gasteiger partial charge in [-0.15, -0.1) is 0 Å². The minimum atomic E-state index is -2.80. The summed E-state index contributed by atoms with van der Waals surface area (Å²) < 4.78 is 39.6. The number of halogens is 2. The van der Waals surface area contributed by atoms with Crippen LogP contribution in [-0.2, 0) is 11.3 Å². The predicted octanol–water partition coefficient (Wildman–Crippen LogP) is 3.46. The van der Waals surface area contributed by atoms with Gasteiger partial charge in [0.1, 0.15) is 11.5 Å². The summed E-state index contributed by atoms with van der Waals surface area (Å²) in [5.41, 5.74) is 2.23. The molecule has 1 aliphatic rings. The van der Waals surface area contributed by atoms with Crippen LogP contribution in [0.3, 0.4) is 0 Å². The number of benzene rings is 2. The molecule has 152 valence electrons. The summed E-state index contributed by atoms with van der Waals surface area (Å²) >= 11 is 0. The quantitative estimate of drug-likeness (QED) is 0.708. The van der Waals surface area contributed by atoms with Gasteiger partial charge in [-0.2, -0.15) is 8.78 Å². The molecule has 0 bridgehead atoms. The Labute approximate surface area is 164 Å². The lowest BCUT2D eigenvalue weighted by Crippen LogP contribution is -2.42. The van der Waals surface area contributed by atoms with Crippen LogP contribution in [-0.4, -0.2) is 51.5 Å². The molecule has 1 N–H and O–H groups in total. The van der Waals surface area contributed by atoms with E-state index in [1.54, 1.807) is 31.4 Å². The highest BCUT2D eigenvalue weighted by molar-refractivity contribution is 5.30. The van der Waals surface area contributed by atoms with Gasteiger partial charge in [0.2, 0.25) is 0 Å². The number of rotatable bonds is 9. The van der Waals surface area contributed by atoms with Crippen molar-refractivity contribution in [3.8, 4) is 11.5 Å². The predicted molar refractivity (Wildman–Crippen MR) is 103 cm³/mol. The zero-order chi connectivity index (χ0) is 19.8. The van der Waals surface area contributed by atoms with Crippen molar-refractivity contribution < 1.29 is 23.0 Å². The maximum atomic E-state index is 12.2. The van der Waals surface area contributed by atoms with Gasteiger partial charge in [-0.3, -0.25) is 4.90 Å². The van der Waals surface area contributed by atoms with Crippen molar-refractivity contribution >= 4 is 0 Å². The van der Waals surface area contributed by atoms with Crippen molar-refractivity contribution in [2.75, 3.05) is 40.0 Å². The third-order valence-corrected chi connectivity index (χ3v) is 4.80. The van der Waals surface area contributed by atoms with Gasteiger partial charge < -0.3 is 19.5 Å². The molecule has 7 heteroatoms. The van der Waals surface area contributed by atoms with Crippen LogP contribution in [0.2, 0.25) is 0 Å². The zero-order valence-corrected chi connectivity index (χ0v) is 15.9. The third-order valence-electron chi connectivity index (χ3n) is 4.80. The van der Waals surface area contributed by atoms with E-state index in [-0.39, 0.29) is 11.8 Å². The molecule has 28 heavy (non-hydrogen) atoms. The highest BCUT2D eigenvalue weighted by Crippen LogP contribution is 2.24. The summed E-state index contributed by atoms with van der Waals surface area (Å²) in [5.74, 6) is 1.01. The normalized spacial score (nSPS) is 16.1. The zero-order valence-electron chi connectivity index (χ0n) is 15.9. The lowest BCUT2D eigenvalue weighted by molar-refractivity contribution is -0.0498. The molecule has 1 aliphatic heterocycles. The largest absolute Gasteiger partial charge is 0.497 e. The Balaban J connectivity index is 1.60. The molecule has 1 heterocycles. The van der Waals surface area contributed by atoms with Gasteiger partial charge in [0, 0.05) is 32.2 Å². The average Bonchev–Trinajstić information content (AvgIpc) is 2.73. The smallest absolute Gasteiger partial charge is 0.387 e. The van der Waals surface area contributed by atoms with E-state index in [2.05, 4.69) is 27.1 Å². The van der Waals surface area contributed by atoms with Gasteiger partial charge in [0.25, 0.3) is 0 Å². The molecule has 1 unspecified atom stereocenters. The second-order valence-electron chi connectivity index (χ2n) is 6.59. The minimum Gasteiger partial charge on any atom is -0.497 e. The summed E-state index contributed by atoms with van der Waals surface area (Å²) in [6.07, 6.45) is 0. The topological polar surface area (TPSA) is 43.0 Å². The first-order valence-electron chi connectivity index (χ1n) is 9.36. The van der Waals surface area contributed by atoms with E-state index < -0.39 is 6.61 Å². The van der Waals surface area contributed by atoms with Crippen molar-refractivity contribution in [3.63, 3.8) is 0 Å². The number of ether oxygens (including phenoxy) is 3. The fourth-order valence-corrected chi connectivity index (χ4v) is 3.31. The molecule has 0 spiro atoms. The Hall–Kier alpha value is -2.22. The molecule has 0 amide bonds. The van der Waals surface area contributed by atoms with Crippen molar-refractivity contribution in [1.29, 1.82) is 0 Å². The van der Waals surface area contributed by atoms with Crippen LogP contribution in [0.1, 0.15) is 17.2 Å². The van der Waals surface area contributed by atoms with E-state index >= 15 is 0 Å². The molecule has 2 aromatic carbocycles. The van der Waals surface area contributed by atoms with Gasteiger partial charge in [-0.05, 0) is 35.4 Å². The van der Waals surface area contributed by atoms with Gasteiger partial charge >= 0.3 is 6.61 Å². The molecule has 0 saturated carbocycles. The first-order chi connectivity index (χ1) is 13.7. The highest BCUT2D eigenvalue weighted by Gasteiger charge is 2.22. The van der Waals surface area contributed by atoms with E-state index in [0.29, 0.717) is 6.54 Å². The Morgan fingerprint density at radius 3 is 2.25 bits per heavy atom. The number of nitrogens with one attached hydrogen (secondary N) is 1. The van der Waals surface area contributed by atoms with Crippen LogP contribution in [0, 0.1) is 0 Å². The molecule has 1 saturated heterocycles. The molecular formula is C21H26F2N2O3. The van der Waals surface area contributed by atoms with E-state index in [0.717, 1.165) is 44.2 Å². The van der Waals surface area contributed by atoms with Crippen LogP contribution >= 0.6 is 0 Å². The Kier molecular flexibility index (Phi) is 7.59. The fraction of sp³-hybridized carbons (Fsp3) is 0.429. The number of morpholine rings is 1. The van der Waals surface area contributed by atoms with E-state index in [4.69, 9.17) is 9.47 Å². The van der Waals surface area contributed by atoms with Gasteiger partial charge in [-0.25, -0.2) is 0 Å². The summed E-state index contributed by atoms with van der Waals surface area (Å²) in [4.78, 5) is 2.41. The molecule has 1 fully saturated rings. The molecule has 1 atom stereocenters. The number of alkyl halides is 2. The molecule has 2 aromatic rings. The van der Waals surface area contributed by atoms with Crippen molar-refractivity contribution in [2.45, 2.75) is 19.2 Å². The van der Waals surface area contributed by atoms with E-state index in [9.17, 15) is 8.78 Å². The van der Waals surface area contributed by atoms with Crippen molar-refractivity contribution in [3.05, 3.63) is 59.7 Å². The van der Waals surface area contributed by atoms with Crippen LogP contribution in [0.25, 0.3) is 0 Å². The van der Waals surface area contributed by atoms with Crippen LogP contribution < -0.4 is 14.8 Å². The third kappa shape index (κ3) is 5.89. The van der Waals surface area contributed by atoms with Crippen molar-refractivity contribution in [2.24, 2.45) is 0 Å². The summed E-state index contributed by atoms with van der Waals surface area (Å²) in [7, 11) is 1.66.